The average Bonchev–Trinajstić information content (AvgIpc) is 2.49. The lowest BCUT2D eigenvalue weighted by molar-refractivity contribution is -0.147. The van der Waals surface area contributed by atoms with E-state index in [-0.39, 0.29) is 17.2 Å². The lowest BCUT2D eigenvalue weighted by Crippen LogP contribution is -2.51. The van der Waals surface area contributed by atoms with Crippen LogP contribution in [0.5, 0.6) is 0 Å². The first-order valence-electron chi connectivity index (χ1n) is 6.75. The molecule has 2 rings (SSSR count). The number of carboxylic acid groups (broad SMARTS) is 1. The molecule has 2 N–H and O–H groups in total. The third kappa shape index (κ3) is 4.60. The Kier molecular flexibility index (Phi) is 5.86. The van der Waals surface area contributed by atoms with Crippen LogP contribution in [0.15, 0.2) is 12.1 Å². The van der Waals surface area contributed by atoms with Crippen molar-refractivity contribution in [2.45, 2.75) is 18.6 Å². The molecule has 1 heterocycles. The molecule has 1 fully saturated rings. The summed E-state index contributed by atoms with van der Waals surface area (Å²) in [5, 5.41) is 11.0. The molecule has 2 atom stereocenters. The van der Waals surface area contributed by atoms with Crippen LogP contribution in [-0.2, 0) is 14.3 Å². The number of benzene rings is 1. The topological polar surface area (TPSA) is 84.9 Å². The fourth-order valence-corrected chi connectivity index (χ4v) is 2.41. The number of aliphatic carboxylic acids is 1. The number of nitrogens with one attached hydrogen (secondary N) is 1. The van der Waals surface area contributed by atoms with E-state index in [2.05, 4.69) is 5.32 Å². The summed E-state index contributed by atoms with van der Waals surface area (Å²) in [5.41, 5.74) is -0.229. The van der Waals surface area contributed by atoms with Crippen molar-refractivity contribution in [3.8, 4) is 0 Å². The minimum absolute atomic E-state index is 0.108. The molecular formula is C14H14ClF2NO5. The van der Waals surface area contributed by atoms with Crippen molar-refractivity contribution in [2.75, 3.05) is 19.8 Å². The second-order valence-corrected chi connectivity index (χ2v) is 5.34. The van der Waals surface area contributed by atoms with Crippen molar-refractivity contribution in [3.63, 3.8) is 0 Å². The molecule has 1 saturated heterocycles. The number of carbonyl (C=O) groups is 2. The van der Waals surface area contributed by atoms with Gasteiger partial charge >= 0.3 is 5.97 Å². The van der Waals surface area contributed by atoms with Gasteiger partial charge in [0.05, 0.1) is 29.3 Å². The summed E-state index contributed by atoms with van der Waals surface area (Å²) < 4.78 is 36.7. The zero-order valence-electron chi connectivity index (χ0n) is 11.9. The van der Waals surface area contributed by atoms with E-state index in [0.717, 1.165) is 0 Å². The van der Waals surface area contributed by atoms with E-state index >= 15 is 0 Å². The zero-order valence-corrected chi connectivity index (χ0v) is 12.6. The third-order valence-corrected chi connectivity index (χ3v) is 3.60. The summed E-state index contributed by atoms with van der Waals surface area (Å²) in [6.07, 6.45) is -0.170. The van der Waals surface area contributed by atoms with Gasteiger partial charge < -0.3 is 19.9 Å². The molecule has 1 aliphatic rings. The molecule has 6 nitrogen and oxygen atoms in total. The highest BCUT2D eigenvalue weighted by Gasteiger charge is 2.29. The number of ether oxygens (including phenoxy) is 2. The highest BCUT2D eigenvalue weighted by atomic mass is 35.5. The fraction of sp³-hybridized carbons (Fsp3) is 0.429. The van der Waals surface area contributed by atoms with Gasteiger partial charge in [0.2, 0.25) is 0 Å². The van der Waals surface area contributed by atoms with Crippen LogP contribution in [-0.4, -0.2) is 48.9 Å². The molecule has 1 aliphatic heterocycles. The molecule has 9 heteroatoms. The third-order valence-electron chi connectivity index (χ3n) is 3.28. The summed E-state index contributed by atoms with van der Waals surface area (Å²) in [4.78, 5) is 22.7. The number of hydrogen-bond acceptors (Lipinski definition) is 4. The van der Waals surface area contributed by atoms with Crippen LogP contribution in [0.25, 0.3) is 0 Å². The first kappa shape index (κ1) is 17.6. The Balaban J connectivity index is 2.08. The molecule has 0 aliphatic carbocycles. The monoisotopic (exact) mass is 349 g/mol. The molecule has 0 spiro atoms. The maximum Gasteiger partial charge on any atom is 0.329 e. The molecule has 126 valence electrons. The van der Waals surface area contributed by atoms with Crippen LogP contribution < -0.4 is 5.32 Å². The summed E-state index contributed by atoms with van der Waals surface area (Å²) in [7, 11) is 0. The van der Waals surface area contributed by atoms with Gasteiger partial charge in [-0.3, -0.25) is 4.79 Å². The molecule has 0 radical (unpaired) electrons. The summed E-state index contributed by atoms with van der Waals surface area (Å²) in [6, 6.07) is 0.783. The van der Waals surface area contributed by atoms with Gasteiger partial charge in [0.25, 0.3) is 5.91 Å². The smallest absolute Gasteiger partial charge is 0.329 e. The van der Waals surface area contributed by atoms with Crippen molar-refractivity contribution >= 4 is 23.5 Å². The van der Waals surface area contributed by atoms with E-state index in [1.165, 1.54) is 0 Å². The second kappa shape index (κ2) is 7.67. The van der Waals surface area contributed by atoms with Crippen LogP contribution in [0.2, 0.25) is 5.02 Å². The number of rotatable bonds is 5. The normalized spacial score (nSPS) is 21.0. The molecule has 0 unspecified atom stereocenters. The predicted molar refractivity (Wildman–Crippen MR) is 75.4 cm³/mol. The Bertz CT molecular complexity index is 613. The van der Waals surface area contributed by atoms with Crippen molar-refractivity contribution in [3.05, 3.63) is 34.4 Å². The van der Waals surface area contributed by atoms with Gasteiger partial charge in [0, 0.05) is 6.61 Å². The first-order valence-corrected chi connectivity index (χ1v) is 7.13. The van der Waals surface area contributed by atoms with Crippen molar-refractivity contribution < 1.29 is 33.0 Å². The predicted octanol–water partition coefficient (Wildman–Crippen LogP) is 1.61. The van der Waals surface area contributed by atoms with Gasteiger partial charge in [0.1, 0.15) is 6.61 Å². The summed E-state index contributed by atoms with van der Waals surface area (Å²) in [6.45, 7) is -0.0388. The molecule has 0 saturated carbocycles. The molecule has 23 heavy (non-hydrogen) atoms. The van der Waals surface area contributed by atoms with Crippen LogP contribution in [0.3, 0.4) is 0 Å². The fourth-order valence-electron chi connectivity index (χ4n) is 2.17. The van der Waals surface area contributed by atoms with Crippen molar-refractivity contribution in [1.82, 2.24) is 5.32 Å². The number of halogens is 3. The van der Waals surface area contributed by atoms with E-state index in [4.69, 9.17) is 26.2 Å². The Labute approximate surface area is 135 Å². The largest absolute Gasteiger partial charge is 0.480 e. The molecular weight excluding hydrogens is 336 g/mol. The van der Waals surface area contributed by atoms with Crippen LogP contribution in [0, 0.1) is 11.6 Å². The highest BCUT2D eigenvalue weighted by Crippen LogP contribution is 2.21. The SMILES string of the molecule is O=C(O)CO[C@@H]1CCOC[C@@H]1NC(=O)c1cc(F)c(F)cc1Cl. The van der Waals surface area contributed by atoms with Gasteiger partial charge in [-0.25, -0.2) is 13.6 Å². The Morgan fingerprint density at radius 3 is 2.78 bits per heavy atom. The van der Waals surface area contributed by atoms with Gasteiger partial charge in [-0.15, -0.1) is 0 Å². The number of hydrogen-bond donors (Lipinski definition) is 2. The molecule has 0 bridgehead atoms. The number of amides is 1. The molecule has 1 amide bonds. The Hall–Kier alpha value is -1.77. The maximum atomic E-state index is 13.3. The van der Waals surface area contributed by atoms with Crippen molar-refractivity contribution in [1.29, 1.82) is 0 Å². The van der Waals surface area contributed by atoms with E-state index < -0.39 is 42.3 Å². The van der Waals surface area contributed by atoms with Crippen molar-refractivity contribution in [2.24, 2.45) is 0 Å². The lowest BCUT2D eigenvalue weighted by Gasteiger charge is -2.31. The number of carbonyl (C=O) groups excluding carboxylic acids is 1. The summed E-state index contributed by atoms with van der Waals surface area (Å²) in [5.74, 6) is -4.22. The van der Waals surface area contributed by atoms with E-state index in [0.29, 0.717) is 25.2 Å². The molecule has 0 aromatic heterocycles. The van der Waals surface area contributed by atoms with E-state index in [9.17, 15) is 18.4 Å². The molecule has 1 aromatic carbocycles. The van der Waals surface area contributed by atoms with E-state index in [1.807, 2.05) is 0 Å². The minimum Gasteiger partial charge on any atom is -0.480 e. The maximum absolute atomic E-state index is 13.3. The van der Waals surface area contributed by atoms with Gasteiger partial charge in [0.15, 0.2) is 11.6 Å². The van der Waals surface area contributed by atoms with Gasteiger partial charge in [-0.05, 0) is 18.6 Å². The first-order chi connectivity index (χ1) is 10.9. The standard InChI is InChI=1S/C14H14ClF2NO5/c15-8-4-10(17)9(16)3-7(8)14(21)18-11-5-22-2-1-12(11)23-6-13(19)20/h3-4,11-12H,1-2,5-6H2,(H,18,21)(H,19,20)/t11-,12+/m0/s1. The number of carboxylic acids is 1. The molecule has 1 aromatic rings. The quantitative estimate of drug-likeness (QED) is 0.789. The Morgan fingerprint density at radius 1 is 1.39 bits per heavy atom. The van der Waals surface area contributed by atoms with Gasteiger partial charge in [-0.1, -0.05) is 11.6 Å². The van der Waals surface area contributed by atoms with Crippen LogP contribution in [0.1, 0.15) is 16.8 Å². The van der Waals surface area contributed by atoms with Crippen LogP contribution >= 0.6 is 11.6 Å². The minimum atomic E-state index is -1.20. The van der Waals surface area contributed by atoms with Crippen LogP contribution in [0.4, 0.5) is 8.78 Å². The summed E-state index contributed by atoms with van der Waals surface area (Å²) >= 11 is 5.75. The highest BCUT2D eigenvalue weighted by molar-refractivity contribution is 6.33. The lowest BCUT2D eigenvalue weighted by atomic mass is 10.1. The second-order valence-electron chi connectivity index (χ2n) is 4.93. The van der Waals surface area contributed by atoms with E-state index in [1.54, 1.807) is 0 Å². The van der Waals surface area contributed by atoms with Gasteiger partial charge in [-0.2, -0.15) is 0 Å². The zero-order chi connectivity index (χ0) is 17.0. The Morgan fingerprint density at radius 2 is 2.09 bits per heavy atom. The average molecular weight is 350 g/mol.